The fraction of sp³-hybridized carbons (Fsp3) is 0.167. The number of esters is 1. The second-order valence-corrected chi connectivity index (χ2v) is 5.70. The number of fused-ring (bicyclic) bond motifs is 1. The van der Waals surface area contributed by atoms with Gasteiger partial charge < -0.3 is 4.74 Å². The molecule has 25 heavy (non-hydrogen) atoms. The van der Waals surface area contributed by atoms with E-state index >= 15 is 0 Å². The number of rotatable bonds is 4. The number of aryl methyl sites for hydroxylation is 1. The third-order valence-electron chi connectivity index (χ3n) is 3.77. The number of carbonyl (C=O) groups is 1. The van der Waals surface area contributed by atoms with E-state index in [0.29, 0.717) is 17.3 Å². The highest BCUT2D eigenvalue weighted by atomic mass is 35.5. The van der Waals surface area contributed by atoms with Gasteiger partial charge in [0.15, 0.2) is 5.69 Å². The predicted molar refractivity (Wildman–Crippen MR) is 92.2 cm³/mol. The summed E-state index contributed by atoms with van der Waals surface area (Å²) in [7, 11) is 0. The van der Waals surface area contributed by atoms with Crippen molar-refractivity contribution in [3.05, 3.63) is 74.9 Å². The zero-order valence-electron chi connectivity index (χ0n) is 13.3. The van der Waals surface area contributed by atoms with Crippen molar-refractivity contribution < 1.29 is 13.9 Å². The number of nitrogens with zero attached hydrogens (tertiary/aromatic N) is 2. The number of halogens is 2. The monoisotopic (exact) mass is 360 g/mol. The molecule has 0 bridgehead atoms. The summed E-state index contributed by atoms with van der Waals surface area (Å²) in [6.07, 6.45) is 0. The Morgan fingerprint density at radius 3 is 2.60 bits per heavy atom. The third-order valence-corrected chi connectivity index (χ3v) is 4.12. The highest BCUT2D eigenvalue weighted by Gasteiger charge is 2.18. The van der Waals surface area contributed by atoms with E-state index in [9.17, 15) is 14.0 Å². The van der Waals surface area contributed by atoms with Crippen molar-refractivity contribution >= 4 is 28.3 Å². The molecule has 0 N–H and O–H groups in total. The fourth-order valence-corrected chi connectivity index (χ4v) is 2.69. The number of aromatic nitrogens is 2. The maximum atomic E-state index is 13.8. The van der Waals surface area contributed by atoms with E-state index in [1.165, 1.54) is 22.9 Å². The Bertz CT molecular complexity index is 997. The standard InChI is InChI=1S/C18H14ClFN2O3/c1-2-22-17(23)12-7-4-3-6-11(12)16(21-22)18(24)25-10-13-14(19)8-5-9-15(13)20/h3-9H,2,10H2,1H3. The van der Waals surface area contributed by atoms with Gasteiger partial charge in [-0.25, -0.2) is 13.9 Å². The van der Waals surface area contributed by atoms with Gasteiger partial charge in [0.25, 0.3) is 5.56 Å². The lowest BCUT2D eigenvalue weighted by molar-refractivity contribution is 0.0462. The highest BCUT2D eigenvalue weighted by Crippen LogP contribution is 2.21. The summed E-state index contributed by atoms with van der Waals surface area (Å²) in [6.45, 7) is 1.73. The fourth-order valence-electron chi connectivity index (χ4n) is 2.48. The molecule has 0 saturated carbocycles. The van der Waals surface area contributed by atoms with E-state index in [4.69, 9.17) is 16.3 Å². The van der Waals surface area contributed by atoms with Crippen LogP contribution in [-0.2, 0) is 17.9 Å². The molecule has 3 aromatic rings. The third kappa shape index (κ3) is 3.25. The average molecular weight is 361 g/mol. The quantitative estimate of drug-likeness (QED) is 0.667. The highest BCUT2D eigenvalue weighted by molar-refractivity contribution is 6.31. The molecule has 2 aromatic carbocycles. The number of benzene rings is 2. The van der Waals surface area contributed by atoms with E-state index in [1.807, 2.05) is 0 Å². The van der Waals surface area contributed by atoms with E-state index in [2.05, 4.69) is 5.10 Å². The smallest absolute Gasteiger partial charge is 0.359 e. The van der Waals surface area contributed by atoms with Crippen LogP contribution in [0.5, 0.6) is 0 Å². The van der Waals surface area contributed by atoms with Gasteiger partial charge in [0.2, 0.25) is 0 Å². The molecule has 0 radical (unpaired) electrons. The van der Waals surface area contributed by atoms with Gasteiger partial charge in [0, 0.05) is 17.5 Å². The lowest BCUT2D eigenvalue weighted by atomic mass is 10.1. The molecule has 1 aromatic heterocycles. The number of hydrogen-bond acceptors (Lipinski definition) is 4. The Morgan fingerprint density at radius 1 is 1.20 bits per heavy atom. The molecule has 0 aliphatic rings. The van der Waals surface area contributed by atoms with Crippen LogP contribution in [0, 0.1) is 5.82 Å². The Morgan fingerprint density at radius 2 is 1.92 bits per heavy atom. The molecule has 128 valence electrons. The summed E-state index contributed by atoms with van der Waals surface area (Å²) >= 11 is 5.93. The SMILES string of the molecule is CCn1nc(C(=O)OCc2c(F)cccc2Cl)c2ccccc2c1=O. The molecule has 0 spiro atoms. The summed E-state index contributed by atoms with van der Waals surface area (Å²) in [5.41, 5.74) is -0.193. The van der Waals surface area contributed by atoms with Crippen LogP contribution in [0.2, 0.25) is 5.02 Å². The van der Waals surface area contributed by atoms with Crippen molar-refractivity contribution in [2.45, 2.75) is 20.1 Å². The van der Waals surface area contributed by atoms with E-state index in [-0.39, 0.29) is 28.4 Å². The van der Waals surface area contributed by atoms with E-state index in [1.54, 1.807) is 31.2 Å². The topological polar surface area (TPSA) is 61.2 Å². The molecule has 0 fully saturated rings. The molecule has 7 heteroatoms. The van der Waals surface area contributed by atoms with Gasteiger partial charge >= 0.3 is 5.97 Å². The minimum absolute atomic E-state index is 0.00418. The summed E-state index contributed by atoms with van der Waals surface area (Å²) < 4.78 is 20.2. The van der Waals surface area contributed by atoms with Gasteiger partial charge in [-0.15, -0.1) is 0 Å². The molecule has 0 aliphatic heterocycles. The molecule has 1 heterocycles. The van der Waals surface area contributed by atoms with Crippen LogP contribution in [0.3, 0.4) is 0 Å². The minimum Gasteiger partial charge on any atom is -0.456 e. The van der Waals surface area contributed by atoms with Crippen molar-refractivity contribution in [2.24, 2.45) is 0 Å². The maximum Gasteiger partial charge on any atom is 0.359 e. The van der Waals surface area contributed by atoms with E-state index < -0.39 is 11.8 Å². The molecule has 5 nitrogen and oxygen atoms in total. The largest absolute Gasteiger partial charge is 0.456 e. The van der Waals surface area contributed by atoms with Crippen molar-refractivity contribution in [2.75, 3.05) is 0 Å². The lowest BCUT2D eigenvalue weighted by Crippen LogP contribution is -2.25. The van der Waals surface area contributed by atoms with Crippen LogP contribution in [0.1, 0.15) is 23.0 Å². The van der Waals surface area contributed by atoms with Crippen LogP contribution in [0.4, 0.5) is 4.39 Å². The van der Waals surface area contributed by atoms with Gasteiger partial charge in [-0.05, 0) is 25.1 Å². The van der Waals surface area contributed by atoms with Crippen molar-refractivity contribution in [3.8, 4) is 0 Å². The number of carbonyl (C=O) groups excluding carboxylic acids is 1. The van der Waals surface area contributed by atoms with Crippen LogP contribution in [0.25, 0.3) is 10.8 Å². The average Bonchev–Trinajstić information content (AvgIpc) is 2.61. The van der Waals surface area contributed by atoms with Gasteiger partial charge in [-0.3, -0.25) is 4.79 Å². The Hall–Kier alpha value is -2.73. The first-order valence-corrected chi connectivity index (χ1v) is 8.00. The van der Waals surface area contributed by atoms with Crippen molar-refractivity contribution in [1.29, 1.82) is 0 Å². The first-order valence-electron chi connectivity index (χ1n) is 7.62. The predicted octanol–water partition coefficient (Wildman–Crippen LogP) is 3.57. The Kier molecular flexibility index (Phi) is 4.81. The zero-order valence-corrected chi connectivity index (χ0v) is 14.1. The van der Waals surface area contributed by atoms with Crippen molar-refractivity contribution in [3.63, 3.8) is 0 Å². The summed E-state index contributed by atoms with van der Waals surface area (Å²) in [6, 6.07) is 10.9. The number of ether oxygens (including phenoxy) is 1. The first-order chi connectivity index (χ1) is 12.0. The molecule has 0 unspecified atom stereocenters. The second kappa shape index (κ2) is 7.03. The van der Waals surface area contributed by atoms with Crippen LogP contribution in [0.15, 0.2) is 47.3 Å². The van der Waals surface area contributed by atoms with Crippen molar-refractivity contribution in [1.82, 2.24) is 9.78 Å². The molecule has 3 rings (SSSR count). The normalized spacial score (nSPS) is 10.8. The van der Waals surface area contributed by atoms with Crippen LogP contribution in [-0.4, -0.2) is 15.7 Å². The minimum atomic E-state index is -0.752. The molecule has 0 saturated heterocycles. The summed E-state index contributed by atoms with van der Waals surface area (Å²) in [4.78, 5) is 24.8. The molecular formula is C18H14ClFN2O3. The Balaban J connectivity index is 1.97. The zero-order chi connectivity index (χ0) is 18.0. The maximum absolute atomic E-state index is 13.8. The van der Waals surface area contributed by atoms with Gasteiger partial charge in [-0.2, -0.15) is 5.10 Å². The van der Waals surface area contributed by atoms with Gasteiger partial charge in [0.05, 0.1) is 10.4 Å². The van der Waals surface area contributed by atoms with Crippen LogP contribution >= 0.6 is 11.6 Å². The second-order valence-electron chi connectivity index (χ2n) is 5.29. The van der Waals surface area contributed by atoms with Gasteiger partial charge in [0.1, 0.15) is 12.4 Å². The lowest BCUT2D eigenvalue weighted by Gasteiger charge is -2.10. The molecular weight excluding hydrogens is 347 g/mol. The molecule has 0 amide bonds. The molecule has 0 aliphatic carbocycles. The summed E-state index contributed by atoms with van der Waals surface area (Å²) in [5.74, 6) is -1.31. The summed E-state index contributed by atoms with van der Waals surface area (Å²) in [5, 5.41) is 5.01. The molecule has 0 atom stereocenters. The Labute approximate surface area is 147 Å². The van der Waals surface area contributed by atoms with E-state index in [0.717, 1.165) is 0 Å². The van der Waals surface area contributed by atoms with Crippen LogP contribution < -0.4 is 5.56 Å². The number of hydrogen-bond donors (Lipinski definition) is 0. The van der Waals surface area contributed by atoms with Gasteiger partial charge in [-0.1, -0.05) is 35.9 Å². The first kappa shape index (κ1) is 17.1.